The highest BCUT2D eigenvalue weighted by Crippen LogP contribution is 2.48. The molecular formula is C15H15NO. The highest BCUT2D eigenvalue weighted by Gasteiger charge is 2.29. The maximum Gasteiger partial charge on any atom is 0.123 e. The third-order valence-corrected chi connectivity index (χ3v) is 3.76. The Hall–Kier alpha value is -1.80. The lowest BCUT2D eigenvalue weighted by molar-refractivity contribution is 0.477. The van der Waals surface area contributed by atoms with E-state index in [-0.39, 0.29) is 6.04 Å². The summed E-state index contributed by atoms with van der Waals surface area (Å²) in [4.78, 5) is 0. The van der Waals surface area contributed by atoms with Gasteiger partial charge in [-0.05, 0) is 47.7 Å². The first-order valence-electron chi connectivity index (χ1n) is 5.79. The summed E-state index contributed by atoms with van der Waals surface area (Å²) < 4.78 is 0. The van der Waals surface area contributed by atoms with Crippen molar-refractivity contribution in [3.8, 4) is 16.9 Å². The van der Waals surface area contributed by atoms with Gasteiger partial charge in [0.2, 0.25) is 0 Å². The number of hydrogen-bond acceptors (Lipinski definition) is 2. The van der Waals surface area contributed by atoms with Gasteiger partial charge in [0.05, 0.1) is 6.04 Å². The Kier molecular flexibility index (Phi) is 2.04. The summed E-state index contributed by atoms with van der Waals surface area (Å²) in [6.45, 7) is 4.17. The van der Waals surface area contributed by atoms with Crippen LogP contribution in [-0.4, -0.2) is 5.11 Å². The third-order valence-electron chi connectivity index (χ3n) is 3.76. The Bertz CT molecular complexity index is 617. The number of phenolic OH excluding ortho intramolecular Hbond substituents is 1. The maximum absolute atomic E-state index is 10.1. The molecular weight excluding hydrogens is 210 g/mol. The Morgan fingerprint density at radius 1 is 1.00 bits per heavy atom. The first kappa shape index (κ1) is 10.4. The second kappa shape index (κ2) is 3.34. The van der Waals surface area contributed by atoms with Crippen LogP contribution in [0.5, 0.6) is 5.75 Å². The van der Waals surface area contributed by atoms with Gasteiger partial charge in [0.15, 0.2) is 0 Å². The van der Waals surface area contributed by atoms with Crippen molar-refractivity contribution in [3.63, 3.8) is 0 Å². The lowest BCUT2D eigenvalue weighted by Crippen LogP contribution is -2.07. The van der Waals surface area contributed by atoms with Crippen LogP contribution >= 0.6 is 0 Å². The van der Waals surface area contributed by atoms with Crippen LogP contribution in [-0.2, 0) is 0 Å². The second-order valence-electron chi connectivity index (χ2n) is 4.69. The normalized spacial score (nSPS) is 16.8. The third kappa shape index (κ3) is 1.25. The van der Waals surface area contributed by atoms with E-state index in [1.807, 2.05) is 12.1 Å². The minimum Gasteiger partial charge on any atom is -0.507 e. The number of fused-ring (bicyclic) bond motifs is 3. The van der Waals surface area contributed by atoms with Gasteiger partial charge in [0.25, 0.3) is 0 Å². The van der Waals surface area contributed by atoms with Crippen molar-refractivity contribution in [1.29, 1.82) is 0 Å². The van der Waals surface area contributed by atoms with Gasteiger partial charge in [0.1, 0.15) is 5.75 Å². The quantitative estimate of drug-likeness (QED) is 0.724. The summed E-state index contributed by atoms with van der Waals surface area (Å²) >= 11 is 0. The molecule has 1 unspecified atom stereocenters. The van der Waals surface area contributed by atoms with Crippen LogP contribution in [0.4, 0.5) is 0 Å². The van der Waals surface area contributed by atoms with Gasteiger partial charge in [-0.3, -0.25) is 0 Å². The van der Waals surface area contributed by atoms with Crippen molar-refractivity contribution >= 4 is 0 Å². The molecule has 1 aliphatic rings. The lowest BCUT2D eigenvalue weighted by atomic mass is 9.96. The molecule has 0 aromatic heterocycles. The van der Waals surface area contributed by atoms with Crippen LogP contribution in [0.1, 0.15) is 28.3 Å². The topological polar surface area (TPSA) is 46.2 Å². The van der Waals surface area contributed by atoms with E-state index in [9.17, 15) is 5.11 Å². The molecule has 1 aliphatic carbocycles. The van der Waals surface area contributed by atoms with Crippen LogP contribution in [0, 0.1) is 13.8 Å². The molecule has 2 aromatic carbocycles. The standard InChI is InChI=1S/C15H15NO/c1-8-6-7-11-13(9(8)2)14-10(15(11)16)4-3-5-12(14)17/h3-7,15,17H,16H2,1-2H3. The van der Waals surface area contributed by atoms with Crippen molar-refractivity contribution in [3.05, 3.63) is 52.6 Å². The second-order valence-corrected chi connectivity index (χ2v) is 4.69. The lowest BCUT2D eigenvalue weighted by Gasteiger charge is -2.10. The van der Waals surface area contributed by atoms with Crippen LogP contribution in [0.3, 0.4) is 0 Å². The largest absolute Gasteiger partial charge is 0.507 e. The molecule has 0 amide bonds. The molecule has 2 nitrogen and oxygen atoms in total. The van der Waals surface area contributed by atoms with E-state index < -0.39 is 0 Å². The fourth-order valence-electron chi connectivity index (χ4n) is 2.68. The van der Waals surface area contributed by atoms with Crippen LogP contribution in [0.25, 0.3) is 11.1 Å². The molecule has 0 aliphatic heterocycles. The average Bonchev–Trinajstić information content (AvgIpc) is 2.60. The zero-order valence-corrected chi connectivity index (χ0v) is 9.99. The van der Waals surface area contributed by atoms with Crippen LogP contribution in [0.15, 0.2) is 30.3 Å². The average molecular weight is 225 g/mol. The van der Waals surface area contributed by atoms with Gasteiger partial charge in [-0.25, -0.2) is 0 Å². The highest BCUT2D eigenvalue weighted by molar-refractivity contribution is 5.85. The number of rotatable bonds is 0. The SMILES string of the molecule is Cc1ccc2c(c1C)-c1c(O)cccc1C2N. The summed E-state index contributed by atoms with van der Waals surface area (Å²) in [6.07, 6.45) is 0. The maximum atomic E-state index is 10.1. The number of aryl methyl sites for hydroxylation is 1. The van der Waals surface area contributed by atoms with Crippen molar-refractivity contribution in [2.45, 2.75) is 19.9 Å². The highest BCUT2D eigenvalue weighted by atomic mass is 16.3. The van der Waals surface area contributed by atoms with E-state index in [4.69, 9.17) is 5.73 Å². The predicted molar refractivity (Wildman–Crippen MR) is 69.0 cm³/mol. The molecule has 0 saturated heterocycles. The molecule has 17 heavy (non-hydrogen) atoms. The fourth-order valence-corrected chi connectivity index (χ4v) is 2.68. The molecule has 0 spiro atoms. The molecule has 0 radical (unpaired) electrons. The molecule has 0 saturated carbocycles. The number of hydrogen-bond donors (Lipinski definition) is 2. The van der Waals surface area contributed by atoms with E-state index in [1.54, 1.807) is 6.07 Å². The summed E-state index contributed by atoms with van der Waals surface area (Å²) in [5, 5.41) is 10.1. The minimum absolute atomic E-state index is 0.119. The van der Waals surface area contributed by atoms with Gasteiger partial charge in [-0.1, -0.05) is 24.3 Å². The van der Waals surface area contributed by atoms with Crippen molar-refractivity contribution < 1.29 is 5.11 Å². The molecule has 2 aromatic rings. The molecule has 1 atom stereocenters. The summed E-state index contributed by atoms with van der Waals surface area (Å²) in [5.74, 6) is 0.324. The summed E-state index contributed by atoms with van der Waals surface area (Å²) in [7, 11) is 0. The monoisotopic (exact) mass is 225 g/mol. The number of phenols is 1. The smallest absolute Gasteiger partial charge is 0.123 e. The van der Waals surface area contributed by atoms with Gasteiger partial charge in [-0.2, -0.15) is 0 Å². The Morgan fingerprint density at radius 2 is 1.71 bits per heavy atom. The molecule has 3 rings (SSSR count). The first-order chi connectivity index (χ1) is 8.11. The zero-order valence-electron chi connectivity index (χ0n) is 9.99. The van der Waals surface area contributed by atoms with Gasteiger partial charge in [0, 0.05) is 5.56 Å². The molecule has 3 N–H and O–H groups in total. The van der Waals surface area contributed by atoms with Crippen molar-refractivity contribution in [1.82, 2.24) is 0 Å². The Morgan fingerprint density at radius 3 is 2.47 bits per heavy atom. The van der Waals surface area contributed by atoms with E-state index in [2.05, 4.69) is 26.0 Å². The zero-order chi connectivity index (χ0) is 12.2. The summed E-state index contributed by atoms with van der Waals surface area (Å²) in [6, 6.07) is 9.61. The van der Waals surface area contributed by atoms with Crippen LogP contribution in [0.2, 0.25) is 0 Å². The Labute approximate surface area is 101 Å². The van der Waals surface area contributed by atoms with Crippen molar-refractivity contribution in [2.24, 2.45) is 5.73 Å². The number of benzene rings is 2. The predicted octanol–water partition coefficient (Wildman–Crippen LogP) is 3.04. The van der Waals surface area contributed by atoms with Crippen molar-refractivity contribution in [2.75, 3.05) is 0 Å². The van der Waals surface area contributed by atoms with E-state index in [0.29, 0.717) is 5.75 Å². The van der Waals surface area contributed by atoms with Gasteiger partial charge in [-0.15, -0.1) is 0 Å². The van der Waals surface area contributed by atoms with Gasteiger partial charge < -0.3 is 10.8 Å². The van der Waals surface area contributed by atoms with E-state index in [1.165, 1.54) is 11.1 Å². The van der Waals surface area contributed by atoms with Crippen LogP contribution < -0.4 is 5.73 Å². The molecule has 2 heteroatoms. The first-order valence-corrected chi connectivity index (χ1v) is 5.79. The van der Waals surface area contributed by atoms with E-state index >= 15 is 0 Å². The number of aromatic hydroxyl groups is 1. The van der Waals surface area contributed by atoms with E-state index in [0.717, 1.165) is 22.3 Å². The fraction of sp³-hybridized carbons (Fsp3) is 0.200. The molecule has 0 heterocycles. The Balaban J connectivity index is 2.44. The number of nitrogens with two attached hydrogens (primary N) is 1. The molecule has 86 valence electrons. The van der Waals surface area contributed by atoms with Gasteiger partial charge >= 0.3 is 0 Å². The minimum atomic E-state index is -0.119. The molecule has 0 fully saturated rings. The summed E-state index contributed by atoms with van der Waals surface area (Å²) in [5.41, 5.74) is 12.8. The molecule has 0 bridgehead atoms.